The molecule has 9 heteroatoms. The molecule has 0 bridgehead atoms. The van der Waals surface area contributed by atoms with E-state index < -0.39 is 10.0 Å². The van der Waals surface area contributed by atoms with Crippen molar-refractivity contribution in [3.05, 3.63) is 66.9 Å². The van der Waals surface area contributed by atoms with Crippen molar-refractivity contribution in [2.24, 2.45) is 0 Å². The van der Waals surface area contributed by atoms with Crippen LogP contribution in [0.4, 0.5) is 0 Å². The maximum absolute atomic E-state index is 12.9. The van der Waals surface area contributed by atoms with Crippen LogP contribution in [0.3, 0.4) is 0 Å². The molecule has 0 saturated carbocycles. The Bertz CT molecular complexity index is 1250. The van der Waals surface area contributed by atoms with Crippen molar-refractivity contribution in [2.45, 2.75) is 10.8 Å². The Morgan fingerprint density at radius 1 is 1.04 bits per heavy atom. The van der Waals surface area contributed by atoms with Crippen molar-refractivity contribution >= 4 is 20.8 Å². The minimum Gasteiger partial charge on any atom is -0.339 e. The summed E-state index contributed by atoms with van der Waals surface area (Å²) in [6, 6.07) is 12.8. The third kappa shape index (κ3) is 2.85. The van der Waals surface area contributed by atoms with E-state index in [4.69, 9.17) is 4.52 Å². The van der Waals surface area contributed by atoms with Crippen molar-refractivity contribution in [3.8, 4) is 11.5 Å². The molecule has 28 heavy (non-hydrogen) atoms. The van der Waals surface area contributed by atoms with Crippen LogP contribution >= 0.6 is 0 Å². The van der Waals surface area contributed by atoms with Gasteiger partial charge in [0.15, 0.2) is 0 Å². The van der Waals surface area contributed by atoms with Gasteiger partial charge in [-0.3, -0.25) is 4.98 Å². The Labute approximate surface area is 160 Å². The zero-order chi connectivity index (χ0) is 19.1. The van der Waals surface area contributed by atoms with E-state index in [0.29, 0.717) is 30.5 Å². The third-order valence-electron chi connectivity index (χ3n) is 4.79. The topological polar surface area (TPSA) is 102 Å². The average molecular weight is 393 g/mol. The molecular formula is C19H15N5O3S. The van der Waals surface area contributed by atoms with Crippen LogP contribution < -0.4 is 0 Å². The number of benzene rings is 2. The summed E-state index contributed by atoms with van der Waals surface area (Å²) in [4.78, 5) is 12.7. The molecule has 2 aromatic heterocycles. The molecule has 0 amide bonds. The van der Waals surface area contributed by atoms with Crippen LogP contribution in [0.5, 0.6) is 0 Å². The highest BCUT2D eigenvalue weighted by atomic mass is 32.2. The van der Waals surface area contributed by atoms with Crippen LogP contribution in [-0.4, -0.2) is 45.9 Å². The zero-order valence-corrected chi connectivity index (χ0v) is 15.5. The molecule has 2 aromatic carbocycles. The summed E-state index contributed by atoms with van der Waals surface area (Å²) in [5.74, 6) is 0.623. The summed E-state index contributed by atoms with van der Waals surface area (Å²) in [6.07, 6.45) is 4.66. The molecule has 140 valence electrons. The average Bonchev–Trinajstić information content (AvgIpc) is 3.16. The highest BCUT2D eigenvalue weighted by molar-refractivity contribution is 7.89. The molecule has 4 aromatic rings. The molecule has 5 rings (SSSR count). The molecule has 0 aliphatic carbocycles. The largest absolute Gasteiger partial charge is 0.339 e. The number of nitrogens with zero attached hydrogens (tertiary/aromatic N) is 5. The quantitative estimate of drug-likeness (QED) is 0.525. The van der Waals surface area contributed by atoms with Gasteiger partial charge in [0.05, 0.1) is 17.0 Å². The van der Waals surface area contributed by atoms with Crippen molar-refractivity contribution < 1.29 is 12.9 Å². The van der Waals surface area contributed by atoms with Gasteiger partial charge in [-0.05, 0) is 22.9 Å². The van der Waals surface area contributed by atoms with E-state index in [1.807, 2.05) is 30.3 Å². The fourth-order valence-electron chi connectivity index (χ4n) is 3.19. The Kier molecular flexibility index (Phi) is 3.92. The zero-order valence-electron chi connectivity index (χ0n) is 14.6. The van der Waals surface area contributed by atoms with E-state index in [2.05, 4.69) is 20.1 Å². The molecule has 0 N–H and O–H groups in total. The molecule has 1 aliphatic heterocycles. The Morgan fingerprint density at radius 3 is 2.64 bits per heavy atom. The highest BCUT2D eigenvalue weighted by Gasteiger charge is 2.40. The third-order valence-corrected chi connectivity index (χ3v) is 6.62. The van der Waals surface area contributed by atoms with Crippen LogP contribution in [0.1, 0.15) is 11.8 Å². The van der Waals surface area contributed by atoms with Crippen LogP contribution in [0.15, 0.2) is 70.5 Å². The van der Waals surface area contributed by atoms with Gasteiger partial charge in [0.2, 0.25) is 21.7 Å². The first-order valence-electron chi connectivity index (χ1n) is 8.70. The van der Waals surface area contributed by atoms with Gasteiger partial charge >= 0.3 is 0 Å². The lowest BCUT2D eigenvalue weighted by Gasteiger charge is -2.35. The van der Waals surface area contributed by atoms with E-state index >= 15 is 0 Å². The van der Waals surface area contributed by atoms with Gasteiger partial charge in [0.1, 0.15) is 5.69 Å². The molecule has 1 aliphatic rings. The number of rotatable bonds is 4. The molecule has 0 unspecified atom stereocenters. The molecule has 1 fully saturated rings. The maximum Gasteiger partial charge on any atom is 0.243 e. The maximum atomic E-state index is 12.9. The second-order valence-electron chi connectivity index (χ2n) is 6.57. The fraction of sp³-hybridized carbons (Fsp3) is 0.158. The van der Waals surface area contributed by atoms with Crippen LogP contribution in [0, 0.1) is 0 Å². The SMILES string of the molecule is O=S(=O)(c1ccc2ccccc2c1)N1CC(c2nc(-c3cnccn3)no2)C1. The van der Waals surface area contributed by atoms with Gasteiger partial charge in [-0.2, -0.15) is 9.29 Å². The lowest BCUT2D eigenvalue weighted by Crippen LogP contribution is -2.48. The lowest BCUT2D eigenvalue weighted by atomic mass is 10.0. The molecule has 3 heterocycles. The summed E-state index contributed by atoms with van der Waals surface area (Å²) >= 11 is 0. The summed E-state index contributed by atoms with van der Waals surface area (Å²) in [5.41, 5.74) is 0.512. The smallest absolute Gasteiger partial charge is 0.243 e. The summed E-state index contributed by atoms with van der Waals surface area (Å²) in [6.45, 7) is 0.606. The number of fused-ring (bicyclic) bond motifs is 1. The van der Waals surface area contributed by atoms with E-state index in [-0.39, 0.29) is 10.8 Å². The Hall–Kier alpha value is -3.17. The van der Waals surface area contributed by atoms with Gasteiger partial charge in [-0.25, -0.2) is 13.4 Å². The summed E-state index contributed by atoms with van der Waals surface area (Å²) < 4.78 is 32.5. The Morgan fingerprint density at radius 2 is 1.86 bits per heavy atom. The normalized spacial score (nSPS) is 15.6. The summed E-state index contributed by atoms with van der Waals surface area (Å²) in [5, 5.41) is 5.81. The van der Waals surface area contributed by atoms with Gasteiger partial charge in [0.25, 0.3) is 0 Å². The molecular weight excluding hydrogens is 378 g/mol. The van der Waals surface area contributed by atoms with Gasteiger partial charge in [-0.1, -0.05) is 35.5 Å². The summed E-state index contributed by atoms with van der Waals surface area (Å²) in [7, 11) is -3.56. The number of hydrogen-bond donors (Lipinski definition) is 0. The highest BCUT2D eigenvalue weighted by Crippen LogP contribution is 2.32. The van der Waals surface area contributed by atoms with Gasteiger partial charge in [0, 0.05) is 25.5 Å². The van der Waals surface area contributed by atoms with Gasteiger partial charge in [-0.15, -0.1) is 0 Å². The molecule has 0 radical (unpaired) electrons. The van der Waals surface area contributed by atoms with Crippen molar-refractivity contribution in [1.82, 2.24) is 24.4 Å². The number of aromatic nitrogens is 4. The fourth-order valence-corrected chi connectivity index (χ4v) is 4.75. The number of hydrogen-bond acceptors (Lipinski definition) is 7. The predicted molar refractivity (Wildman–Crippen MR) is 101 cm³/mol. The second kappa shape index (κ2) is 6.47. The second-order valence-corrected chi connectivity index (χ2v) is 8.51. The van der Waals surface area contributed by atoms with Gasteiger partial charge < -0.3 is 4.52 Å². The minimum atomic E-state index is -3.56. The standard InChI is InChI=1S/C19H15N5O3S/c25-28(26,16-6-5-13-3-1-2-4-14(13)9-16)24-11-15(12-24)19-22-18(23-27-19)17-10-20-7-8-21-17/h1-10,15H,11-12H2. The first-order valence-corrected chi connectivity index (χ1v) is 10.1. The molecule has 0 spiro atoms. The van der Waals surface area contributed by atoms with Crippen LogP contribution in [0.2, 0.25) is 0 Å². The van der Waals surface area contributed by atoms with E-state index in [1.54, 1.807) is 30.7 Å². The van der Waals surface area contributed by atoms with E-state index in [1.165, 1.54) is 4.31 Å². The molecule has 0 atom stereocenters. The van der Waals surface area contributed by atoms with E-state index in [9.17, 15) is 8.42 Å². The first kappa shape index (κ1) is 17.0. The van der Waals surface area contributed by atoms with Crippen molar-refractivity contribution in [2.75, 3.05) is 13.1 Å². The van der Waals surface area contributed by atoms with E-state index in [0.717, 1.165) is 10.8 Å². The molecule has 1 saturated heterocycles. The van der Waals surface area contributed by atoms with Crippen LogP contribution in [0.25, 0.3) is 22.3 Å². The minimum absolute atomic E-state index is 0.131. The first-order chi connectivity index (χ1) is 13.6. The lowest BCUT2D eigenvalue weighted by molar-refractivity contribution is 0.217. The Balaban J connectivity index is 1.34. The number of sulfonamides is 1. The monoisotopic (exact) mass is 393 g/mol. The van der Waals surface area contributed by atoms with Crippen molar-refractivity contribution in [1.29, 1.82) is 0 Å². The molecule has 8 nitrogen and oxygen atoms in total. The predicted octanol–water partition coefficient (Wildman–Crippen LogP) is 2.47. The van der Waals surface area contributed by atoms with Crippen molar-refractivity contribution in [3.63, 3.8) is 0 Å². The van der Waals surface area contributed by atoms with Crippen LogP contribution in [-0.2, 0) is 10.0 Å².